The molecule has 3 heterocycles. The molecule has 0 N–H and O–H groups in total. The van der Waals surface area contributed by atoms with Crippen molar-refractivity contribution in [1.82, 2.24) is 14.5 Å². The van der Waals surface area contributed by atoms with E-state index >= 15 is 0 Å². The van der Waals surface area contributed by atoms with Crippen LogP contribution in [-0.2, 0) is 6.42 Å². The van der Waals surface area contributed by atoms with Gasteiger partial charge in [-0.3, -0.25) is 4.79 Å². The first kappa shape index (κ1) is 14.9. The number of likely N-dealkylation sites (tertiary alicyclic amines) is 1. The van der Waals surface area contributed by atoms with Gasteiger partial charge in [0.15, 0.2) is 0 Å². The second kappa shape index (κ2) is 6.48. The number of benzene rings is 1. The lowest BCUT2D eigenvalue weighted by Gasteiger charge is -2.25. The minimum Gasteiger partial charge on any atom is -0.334 e. The Morgan fingerprint density at radius 1 is 1.08 bits per heavy atom. The van der Waals surface area contributed by atoms with Gasteiger partial charge in [-0.05, 0) is 49.4 Å². The van der Waals surface area contributed by atoms with Crippen LogP contribution in [0.2, 0.25) is 0 Å². The lowest BCUT2D eigenvalue weighted by atomic mass is 10.0. The summed E-state index contributed by atoms with van der Waals surface area (Å²) in [6.07, 6.45) is 5.95. The minimum absolute atomic E-state index is 0.0971. The Bertz CT molecular complexity index is 840. The van der Waals surface area contributed by atoms with Crippen LogP contribution >= 0.6 is 0 Å². The fourth-order valence-electron chi connectivity index (χ4n) is 3.64. The smallest absolute Gasteiger partial charge is 0.272 e. The summed E-state index contributed by atoms with van der Waals surface area (Å²) >= 11 is 0. The van der Waals surface area contributed by atoms with E-state index in [4.69, 9.17) is 0 Å². The van der Waals surface area contributed by atoms with Crippen LogP contribution in [0, 0.1) is 0 Å². The van der Waals surface area contributed by atoms with Crippen LogP contribution in [-0.4, -0.2) is 33.0 Å². The maximum atomic E-state index is 13.0. The summed E-state index contributed by atoms with van der Waals surface area (Å²) in [5.41, 5.74) is 2.95. The van der Waals surface area contributed by atoms with Gasteiger partial charge in [0.05, 0.1) is 11.7 Å². The summed E-state index contributed by atoms with van der Waals surface area (Å²) in [6.45, 7) is 0.843. The first-order chi connectivity index (χ1) is 11.8. The van der Waals surface area contributed by atoms with Crippen molar-refractivity contribution in [2.24, 2.45) is 0 Å². The molecule has 0 spiro atoms. The summed E-state index contributed by atoms with van der Waals surface area (Å²) in [6, 6.07) is 18.5. The van der Waals surface area contributed by atoms with E-state index in [1.807, 2.05) is 35.2 Å². The van der Waals surface area contributed by atoms with Crippen molar-refractivity contribution in [3.8, 4) is 0 Å². The van der Waals surface area contributed by atoms with Gasteiger partial charge in [0, 0.05) is 12.6 Å². The highest BCUT2D eigenvalue weighted by atomic mass is 16.2. The first-order valence-corrected chi connectivity index (χ1v) is 8.60. The Kier molecular flexibility index (Phi) is 4.03. The summed E-state index contributed by atoms with van der Waals surface area (Å²) < 4.78 is 1.74. The fourth-order valence-corrected chi connectivity index (χ4v) is 3.64. The first-order valence-electron chi connectivity index (χ1n) is 8.60. The zero-order valence-electron chi connectivity index (χ0n) is 13.6. The van der Waals surface area contributed by atoms with Crippen molar-refractivity contribution in [2.45, 2.75) is 31.7 Å². The number of nitrogens with zero attached hydrogens (tertiary/aromatic N) is 3. The van der Waals surface area contributed by atoms with Gasteiger partial charge in [-0.2, -0.15) is 5.10 Å². The van der Waals surface area contributed by atoms with Gasteiger partial charge in [0.1, 0.15) is 5.69 Å². The number of hydrogen-bond donors (Lipinski definition) is 0. The molecule has 1 saturated heterocycles. The summed E-state index contributed by atoms with van der Waals surface area (Å²) in [5.74, 6) is 0.0971. The molecule has 1 fully saturated rings. The number of pyridine rings is 1. The van der Waals surface area contributed by atoms with E-state index in [0.717, 1.165) is 37.7 Å². The van der Waals surface area contributed by atoms with Gasteiger partial charge in [-0.25, -0.2) is 4.52 Å². The summed E-state index contributed by atoms with van der Waals surface area (Å²) in [4.78, 5) is 15.1. The minimum atomic E-state index is 0.0971. The topological polar surface area (TPSA) is 37.6 Å². The molecule has 1 aliphatic heterocycles. The quantitative estimate of drug-likeness (QED) is 0.737. The zero-order chi connectivity index (χ0) is 16.4. The molecule has 1 atom stereocenters. The standard InChI is InChI=1S/C20H21N3O/c24-20(19-10-4-8-18-13-14-21-23(18)19)22-15-5-9-17(22)12-11-16-6-2-1-3-7-16/h1-4,6-8,10,13-14,17H,5,9,11-12,15H2/t17-/m0/s1. The number of hydrogen-bond acceptors (Lipinski definition) is 2. The van der Waals surface area contributed by atoms with Crippen molar-refractivity contribution in [3.63, 3.8) is 0 Å². The van der Waals surface area contributed by atoms with Crippen LogP contribution < -0.4 is 0 Å². The second-order valence-electron chi connectivity index (χ2n) is 6.40. The molecule has 0 unspecified atom stereocenters. The maximum absolute atomic E-state index is 13.0. The van der Waals surface area contributed by atoms with Crippen LogP contribution in [0.3, 0.4) is 0 Å². The highest BCUT2D eigenvalue weighted by molar-refractivity contribution is 5.93. The fraction of sp³-hybridized carbons (Fsp3) is 0.300. The third-order valence-corrected chi connectivity index (χ3v) is 4.89. The Morgan fingerprint density at radius 2 is 1.96 bits per heavy atom. The van der Waals surface area contributed by atoms with E-state index in [0.29, 0.717) is 11.7 Å². The Hall–Kier alpha value is -2.62. The van der Waals surface area contributed by atoms with E-state index in [9.17, 15) is 4.79 Å². The van der Waals surface area contributed by atoms with Crippen LogP contribution in [0.4, 0.5) is 0 Å². The number of fused-ring (bicyclic) bond motifs is 1. The molecule has 24 heavy (non-hydrogen) atoms. The molecule has 0 saturated carbocycles. The molecule has 0 bridgehead atoms. The van der Waals surface area contributed by atoms with Gasteiger partial charge in [0.25, 0.3) is 5.91 Å². The van der Waals surface area contributed by atoms with E-state index < -0.39 is 0 Å². The monoisotopic (exact) mass is 319 g/mol. The van der Waals surface area contributed by atoms with Crippen LogP contribution in [0.5, 0.6) is 0 Å². The van der Waals surface area contributed by atoms with Crippen LogP contribution in [0.1, 0.15) is 35.3 Å². The predicted octanol–water partition coefficient (Wildman–Crippen LogP) is 3.57. The second-order valence-corrected chi connectivity index (χ2v) is 6.40. The SMILES string of the molecule is O=C(c1cccc2ccnn12)N1CCC[C@H]1CCc1ccccc1. The molecule has 2 aromatic heterocycles. The highest BCUT2D eigenvalue weighted by Gasteiger charge is 2.30. The van der Waals surface area contributed by atoms with Gasteiger partial charge in [-0.15, -0.1) is 0 Å². The number of carbonyl (C=O) groups is 1. The molecule has 4 nitrogen and oxygen atoms in total. The maximum Gasteiger partial charge on any atom is 0.272 e. The van der Waals surface area contributed by atoms with Crippen molar-refractivity contribution >= 4 is 11.4 Å². The van der Waals surface area contributed by atoms with Gasteiger partial charge in [0.2, 0.25) is 0 Å². The van der Waals surface area contributed by atoms with E-state index in [1.165, 1.54) is 5.56 Å². The number of carbonyl (C=O) groups excluding carboxylic acids is 1. The van der Waals surface area contributed by atoms with Crippen molar-refractivity contribution < 1.29 is 4.79 Å². The normalized spacial score (nSPS) is 17.5. The molecule has 1 aromatic carbocycles. The lowest BCUT2D eigenvalue weighted by molar-refractivity contribution is 0.0722. The van der Waals surface area contributed by atoms with E-state index in [1.54, 1.807) is 10.7 Å². The van der Waals surface area contributed by atoms with Crippen molar-refractivity contribution in [1.29, 1.82) is 0 Å². The predicted molar refractivity (Wildman–Crippen MR) is 94.0 cm³/mol. The molecule has 1 amide bonds. The van der Waals surface area contributed by atoms with Gasteiger partial charge >= 0.3 is 0 Å². The summed E-state index contributed by atoms with van der Waals surface area (Å²) in [7, 11) is 0. The molecule has 122 valence electrons. The molecule has 3 aromatic rings. The number of amides is 1. The summed E-state index contributed by atoms with van der Waals surface area (Å²) in [5, 5.41) is 4.30. The largest absolute Gasteiger partial charge is 0.334 e. The number of aryl methyl sites for hydroxylation is 1. The molecule has 0 radical (unpaired) electrons. The third kappa shape index (κ3) is 2.80. The van der Waals surface area contributed by atoms with Crippen molar-refractivity contribution in [3.05, 3.63) is 72.1 Å². The highest BCUT2D eigenvalue weighted by Crippen LogP contribution is 2.24. The molecule has 0 aliphatic carbocycles. The Morgan fingerprint density at radius 3 is 2.83 bits per heavy atom. The number of rotatable bonds is 4. The lowest BCUT2D eigenvalue weighted by Crippen LogP contribution is -2.36. The molecular weight excluding hydrogens is 298 g/mol. The van der Waals surface area contributed by atoms with Gasteiger partial charge in [-0.1, -0.05) is 36.4 Å². The van der Waals surface area contributed by atoms with Crippen LogP contribution in [0.25, 0.3) is 5.52 Å². The van der Waals surface area contributed by atoms with Crippen molar-refractivity contribution in [2.75, 3.05) is 6.54 Å². The number of aromatic nitrogens is 2. The zero-order valence-corrected chi connectivity index (χ0v) is 13.6. The third-order valence-electron chi connectivity index (χ3n) is 4.89. The average Bonchev–Trinajstić information content (AvgIpc) is 3.29. The van der Waals surface area contributed by atoms with E-state index in [2.05, 4.69) is 29.4 Å². The molecule has 4 rings (SSSR count). The molecule has 4 heteroatoms. The van der Waals surface area contributed by atoms with Crippen LogP contribution in [0.15, 0.2) is 60.8 Å². The average molecular weight is 319 g/mol. The Balaban J connectivity index is 1.52. The molecular formula is C20H21N3O. The molecule has 1 aliphatic rings. The van der Waals surface area contributed by atoms with Gasteiger partial charge < -0.3 is 4.90 Å². The Labute approximate surface area is 141 Å². The van der Waals surface area contributed by atoms with E-state index in [-0.39, 0.29) is 5.91 Å².